The summed E-state index contributed by atoms with van der Waals surface area (Å²) in [5.74, 6) is 0.542. The molecule has 1 fully saturated rings. The van der Waals surface area contributed by atoms with Crippen LogP contribution in [0.4, 0.5) is 5.69 Å². The maximum atomic E-state index is 10.7. The molecule has 1 unspecified atom stereocenters. The van der Waals surface area contributed by atoms with Crippen LogP contribution in [0.3, 0.4) is 0 Å². The van der Waals surface area contributed by atoms with E-state index in [1.807, 2.05) is 0 Å². The van der Waals surface area contributed by atoms with Crippen LogP contribution in [-0.4, -0.2) is 24.1 Å². The Bertz CT molecular complexity index is 448. The molecule has 1 aliphatic heterocycles. The van der Waals surface area contributed by atoms with E-state index in [0.717, 1.165) is 19.4 Å². The first-order valence-corrected chi connectivity index (χ1v) is 7.25. The van der Waals surface area contributed by atoms with Gasteiger partial charge in [0.1, 0.15) is 5.75 Å². The molecule has 0 aliphatic carbocycles. The number of nitro groups is 1. The molecule has 19 heavy (non-hydrogen) atoms. The predicted molar refractivity (Wildman–Crippen MR) is 76.6 cm³/mol. The van der Waals surface area contributed by atoms with Crippen molar-refractivity contribution < 1.29 is 9.66 Å². The van der Waals surface area contributed by atoms with Crippen molar-refractivity contribution in [1.29, 1.82) is 0 Å². The van der Waals surface area contributed by atoms with Crippen LogP contribution in [0.1, 0.15) is 25.7 Å². The molecule has 1 aromatic rings. The van der Waals surface area contributed by atoms with Gasteiger partial charge in [-0.1, -0.05) is 15.9 Å². The molecule has 0 radical (unpaired) electrons. The number of nitrogens with one attached hydrogen (secondary N) is 1. The molecule has 6 heteroatoms. The summed E-state index contributed by atoms with van der Waals surface area (Å²) in [6, 6.07) is 5.29. The summed E-state index contributed by atoms with van der Waals surface area (Å²) in [4.78, 5) is 10.3. The van der Waals surface area contributed by atoms with Crippen molar-refractivity contribution in [1.82, 2.24) is 5.32 Å². The Labute approximate surface area is 120 Å². The van der Waals surface area contributed by atoms with Gasteiger partial charge in [0.15, 0.2) is 0 Å². The maximum Gasteiger partial charge on any atom is 0.274 e. The Morgan fingerprint density at radius 1 is 1.47 bits per heavy atom. The fourth-order valence-electron chi connectivity index (χ4n) is 2.26. The third-order valence-electron chi connectivity index (χ3n) is 3.19. The first kappa shape index (κ1) is 14.3. The Morgan fingerprint density at radius 3 is 3.00 bits per heavy atom. The van der Waals surface area contributed by atoms with E-state index in [4.69, 9.17) is 4.74 Å². The van der Waals surface area contributed by atoms with Crippen LogP contribution in [0.25, 0.3) is 0 Å². The molecule has 0 aromatic heterocycles. The van der Waals surface area contributed by atoms with Crippen LogP contribution >= 0.6 is 15.9 Å². The molecular weight excluding hydrogens is 312 g/mol. The van der Waals surface area contributed by atoms with Gasteiger partial charge in [-0.05, 0) is 38.3 Å². The van der Waals surface area contributed by atoms with E-state index >= 15 is 0 Å². The monoisotopic (exact) mass is 328 g/mol. The lowest BCUT2D eigenvalue weighted by molar-refractivity contribution is -0.385. The highest BCUT2D eigenvalue weighted by atomic mass is 79.9. The summed E-state index contributed by atoms with van der Waals surface area (Å²) in [6.07, 6.45) is 4.54. The zero-order valence-corrected chi connectivity index (χ0v) is 12.2. The van der Waals surface area contributed by atoms with Crippen LogP contribution in [-0.2, 0) is 0 Å². The number of rotatable bonds is 6. The fourth-order valence-corrected chi connectivity index (χ4v) is 2.72. The van der Waals surface area contributed by atoms with Crippen molar-refractivity contribution in [2.45, 2.75) is 31.7 Å². The largest absolute Gasteiger partial charge is 0.493 e. The molecule has 5 nitrogen and oxygen atoms in total. The van der Waals surface area contributed by atoms with E-state index < -0.39 is 4.92 Å². The average Bonchev–Trinajstić information content (AvgIpc) is 2.87. The Balaban J connectivity index is 1.80. The Hall–Kier alpha value is -1.14. The van der Waals surface area contributed by atoms with E-state index in [2.05, 4.69) is 21.2 Å². The molecule has 1 heterocycles. The van der Waals surface area contributed by atoms with E-state index in [-0.39, 0.29) is 5.69 Å². The molecule has 0 amide bonds. The minimum atomic E-state index is -0.417. The van der Waals surface area contributed by atoms with Crippen molar-refractivity contribution >= 4 is 21.6 Å². The zero-order chi connectivity index (χ0) is 13.7. The molecule has 1 aliphatic rings. The van der Waals surface area contributed by atoms with E-state index in [9.17, 15) is 10.1 Å². The lowest BCUT2D eigenvalue weighted by atomic mass is 10.1. The number of nitrogens with zero attached hydrogens (tertiary/aromatic N) is 1. The van der Waals surface area contributed by atoms with Crippen LogP contribution in [0.2, 0.25) is 0 Å². The third-order valence-corrected chi connectivity index (χ3v) is 3.65. The van der Waals surface area contributed by atoms with Gasteiger partial charge in [0.2, 0.25) is 0 Å². The van der Waals surface area contributed by atoms with Crippen molar-refractivity contribution in [2.75, 3.05) is 13.2 Å². The van der Waals surface area contributed by atoms with Crippen LogP contribution in [0.15, 0.2) is 22.7 Å². The van der Waals surface area contributed by atoms with Gasteiger partial charge >= 0.3 is 0 Å². The van der Waals surface area contributed by atoms with Gasteiger partial charge in [-0.15, -0.1) is 0 Å². The molecular formula is C13H17BrN2O3. The third kappa shape index (κ3) is 4.47. The summed E-state index contributed by atoms with van der Waals surface area (Å²) in [5, 5.41) is 14.2. The molecule has 1 saturated heterocycles. The number of non-ortho nitro benzene ring substituents is 1. The summed E-state index contributed by atoms with van der Waals surface area (Å²) >= 11 is 3.25. The fraction of sp³-hybridized carbons (Fsp3) is 0.538. The van der Waals surface area contributed by atoms with Gasteiger partial charge < -0.3 is 10.1 Å². The van der Waals surface area contributed by atoms with E-state index in [1.165, 1.54) is 25.0 Å². The van der Waals surface area contributed by atoms with Gasteiger partial charge in [-0.3, -0.25) is 10.1 Å². The summed E-state index contributed by atoms with van der Waals surface area (Å²) < 4.78 is 6.24. The number of nitro benzene ring substituents is 1. The van der Waals surface area contributed by atoms with Crippen LogP contribution in [0.5, 0.6) is 5.75 Å². The van der Waals surface area contributed by atoms with Crippen molar-refractivity contribution in [3.8, 4) is 5.75 Å². The number of ether oxygens (including phenoxy) is 1. The topological polar surface area (TPSA) is 64.4 Å². The number of halogens is 1. The van der Waals surface area contributed by atoms with Crippen LogP contribution in [0, 0.1) is 10.1 Å². The second kappa shape index (κ2) is 6.86. The summed E-state index contributed by atoms with van der Waals surface area (Å²) in [7, 11) is 0. The second-order valence-corrected chi connectivity index (χ2v) is 5.60. The highest BCUT2D eigenvalue weighted by Crippen LogP contribution is 2.26. The van der Waals surface area contributed by atoms with Crippen molar-refractivity contribution in [3.05, 3.63) is 32.8 Å². The average molecular weight is 329 g/mol. The quantitative estimate of drug-likeness (QED) is 0.494. The zero-order valence-electron chi connectivity index (χ0n) is 10.6. The molecule has 0 bridgehead atoms. The van der Waals surface area contributed by atoms with Gasteiger partial charge in [0, 0.05) is 16.6 Å². The number of benzene rings is 1. The minimum Gasteiger partial charge on any atom is -0.493 e. The lowest BCUT2D eigenvalue weighted by Gasteiger charge is -2.10. The minimum absolute atomic E-state index is 0.0434. The molecule has 1 atom stereocenters. The van der Waals surface area contributed by atoms with Crippen molar-refractivity contribution in [2.24, 2.45) is 0 Å². The second-order valence-electron chi connectivity index (χ2n) is 4.69. The van der Waals surface area contributed by atoms with Gasteiger partial charge in [-0.25, -0.2) is 0 Å². The molecule has 1 aromatic carbocycles. The van der Waals surface area contributed by atoms with Gasteiger partial charge in [0.05, 0.1) is 17.6 Å². The van der Waals surface area contributed by atoms with Gasteiger partial charge in [0.25, 0.3) is 5.69 Å². The molecule has 1 N–H and O–H groups in total. The first-order valence-electron chi connectivity index (χ1n) is 6.46. The number of hydrogen-bond donors (Lipinski definition) is 1. The molecule has 0 saturated carbocycles. The Kier molecular flexibility index (Phi) is 5.15. The highest BCUT2D eigenvalue weighted by Gasteiger charge is 2.13. The summed E-state index contributed by atoms with van der Waals surface area (Å²) in [6.45, 7) is 1.70. The van der Waals surface area contributed by atoms with E-state index in [0.29, 0.717) is 22.9 Å². The smallest absolute Gasteiger partial charge is 0.274 e. The number of hydrogen-bond acceptors (Lipinski definition) is 4. The standard InChI is InChI=1S/C13H17BrN2O3/c14-10-7-12(16(17)18)9-13(8-10)19-6-2-4-11-3-1-5-15-11/h7-9,11,15H,1-6H2. The van der Waals surface area contributed by atoms with Crippen molar-refractivity contribution in [3.63, 3.8) is 0 Å². The highest BCUT2D eigenvalue weighted by molar-refractivity contribution is 9.10. The van der Waals surface area contributed by atoms with Crippen LogP contribution < -0.4 is 10.1 Å². The molecule has 104 valence electrons. The normalized spacial score (nSPS) is 18.5. The Morgan fingerprint density at radius 2 is 2.32 bits per heavy atom. The first-order chi connectivity index (χ1) is 9.15. The summed E-state index contributed by atoms with van der Waals surface area (Å²) in [5.41, 5.74) is 0.0434. The molecule has 2 rings (SSSR count). The maximum absolute atomic E-state index is 10.7. The lowest BCUT2D eigenvalue weighted by Crippen LogP contribution is -2.21. The van der Waals surface area contributed by atoms with E-state index in [1.54, 1.807) is 6.07 Å². The van der Waals surface area contributed by atoms with Gasteiger partial charge in [-0.2, -0.15) is 0 Å². The predicted octanol–water partition coefficient (Wildman–Crippen LogP) is 3.27. The molecule has 0 spiro atoms. The SMILES string of the molecule is O=[N+]([O-])c1cc(Br)cc(OCCCC2CCCN2)c1.